The molecule has 0 saturated carbocycles. The van der Waals surface area contributed by atoms with Crippen LogP contribution in [-0.2, 0) is 5.33 Å². The number of thiazole rings is 1. The molecule has 0 bridgehead atoms. The fourth-order valence-corrected chi connectivity index (χ4v) is 3.67. The summed E-state index contributed by atoms with van der Waals surface area (Å²) >= 11 is 5.31. The minimum atomic E-state index is 0.753. The molecule has 0 N–H and O–H groups in total. The average Bonchev–Trinajstić information content (AvgIpc) is 3.00. The molecule has 0 aromatic carbocycles. The van der Waals surface area contributed by atoms with E-state index in [0.29, 0.717) is 0 Å². The van der Waals surface area contributed by atoms with Crippen molar-refractivity contribution in [3.63, 3.8) is 0 Å². The van der Waals surface area contributed by atoms with E-state index >= 15 is 0 Å². The van der Waals surface area contributed by atoms with E-state index in [1.807, 2.05) is 0 Å². The maximum atomic E-state index is 4.81. The molecule has 2 aromatic rings. The van der Waals surface area contributed by atoms with E-state index in [1.54, 1.807) is 11.3 Å². The number of imidazole rings is 1. The Morgan fingerprint density at radius 1 is 1.37 bits per heavy atom. The molecular weight excluding hydrogens is 322 g/mol. The van der Waals surface area contributed by atoms with Crippen molar-refractivity contribution in [1.82, 2.24) is 9.38 Å². The first-order valence-electron chi connectivity index (χ1n) is 7.00. The molecule has 106 valence electrons. The van der Waals surface area contributed by atoms with Crippen LogP contribution in [0.2, 0.25) is 0 Å². The first-order chi connectivity index (χ1) is 9.24. The van der Waals surface area contributed by atoms with Crippen LogP contribution in [0.15, 0.2) is 11.6 Å². The second kappa shape index (κ2) is 6.75. The zero-order valence-corrected chi connectivity index (χ0v) is 14.3. The van der Waals surface area contributed by atoms with Gasteiger partial charge in [0.05, 0.1) is 5.69 Å². The molecule has 0 atom stereocenters. The molecule has 0 saturated heterocycles. The van der Waals surface area contributed by atoms with Crippen LogP contribution < -0.4 is 4.90 Å². The highest BCUT2D eigenvalue weighted by Crippen LogP contribution is 2.27. The van der Waals surface area contributed by atoms with Crippen molar-refractivity contribution in [3.05, 3.63) is 17.3 Å². The largest absolute Gasteiger partial charge is 0.355 e. The summed E-state index contributed by atoms with van der Waals surface area (Å²) in [5.41, 5.74) is 1.27. The first-order valence-corrected chi connectivity index (χ1v) is 9.00. The average molecular weight is 344 g/mol. The number of anilines is 1. The lowest BCUT2D eigenvalue weighted by atomic mass is 10.0. The summed E-state index contributed by atoms with van der Waals surface area (Å²) in [6, 6.07) is 0. The van der Waals surface area contributed by atoms with Crippen molar-refractivity contribution in [3.8, 4) is 0 Å². The molecule has 2 heterocycles. The Bertz CT molecular complexity index is 516. The van der Waals surface area contributed by atoms with E-state index in [1.165, 1.54) is 18.5 Å². The topological polar surface area (TPSA) is 20.5 Å². The summed E-state index contributed by atoms with van der Waals surface area (Å²) in [6.45, 7) is 8.89. The second-order valence-electron chi connectivity index (χ2n) is 4.79. The van der Waals surface area contributed by atoms with Gasteiger partial charge in [-0.25, -0.2) is 4.98 Å². The van der Waals surface area contributed by atoms with Crippen molar-refractivity contribution >= 4 is 38.0 Å². The predicted octanol–water partition coefficient (Wildman–Crippen LogP) is 4.55. The standard InChI is InChI=1S/C14H22BrN3S/c1-4-11(5-2)10-17(6-3)13-12(9-15)18-7-8-19-14(18)16-13/h7-8,11H,4-6,9-10H2,1-3H3. The third-order valence-electron chi connectivity index (χ3n) is 3.78. The molecule has 0 aliphatic heterocycles. The Balaban J connectivity index is 2.31. The number of fused-ring (bicyclic) bond motifs is 1. The van der Waals surface area contributed by atoms with E-state index in [9.17, 15) is 0 Å². The monoisotopic (exact) mass is 343 g/mol. The molecule has 0 aliphatic rings. The Kier molecular flexibility index (Phi) is 5.28. The molecule has 19 heavy (non-hydrogen) atoms. The van der Waals surface area contributed by atoms with Crippen molar-refractivity contribution in [2.24, 2.45) is 5.92 Å². The van der Waals surface area contributed by atoms with Gasteiger partial charge in [-0.3, -0.25) is 4.40 Å². The number of halogens is 1. The lowest BCUT2D eigenvalue weighted by molar-refractivity contribution is 0.484. The SMILES string of the molecule is CCC(CC)CN(CC)c1nc2sccn2c1CBr. The summed E-state index contributed by atoms with van der Waals surface area (Å²) in [5, 5.41) is 2.94. The van der Waals surface area contributed by atoms with Crippen LogP contribution in [0.3, 0.4) is 0 Å². The molecule has 0 amide bonds. The Labute approximate surface area is 127 Å². The van der Waals surface area contributed by atoms with E-state index in [-0.39, 0.29) is 0 Å². The van der Waals surface area contributed by atoms with Gasteiger partial charge in [-0.15, -0.1) is 11.3 Å². The number of rotatable bonds is 7. The molecule has 0 unspecified atom stereocenters. The van der Waals surface area contributed by atoms with Gasteiger partial charge >= 0.3 is 0 Å². The van der Waals surface area contributed by atoms with Gasteiger partial charge in [0.25, 0.3) is 0 Å². The molecule has 2 aromatic heterocycles. The molecular formula is C14H22BrN3S. The lowest BCUT2D eigenvalue weighted by Crippen LogP contribution is -2.30. The first kappa shape index (κ1) is 14.9. The smallest absolute Gasteiger partial charge is 0.195 e. The van der Waals surface area contributed by atoms with Crippen LogP contribution in [0.4, 0.5) is 5.82 Å². The van der Waals surface area contributed by atoms with Crippen molar-refractivity contribution in [1.29, 1.82) is 0 Å². The Morgan fingerprint density at radius 2 is 2.11 bits per heavy atom. The highest BCUT2D eigenvalue weighted by molar-refractivity contribution is 9.08. The van der Waals surface area contributed by atoms with Gasteiger partial charge in [0, 0.05) is 30.0 Å². The van der Waals surface area contributed by atoms with Gasteiger partial charge < -0.3 is 4.90 Å². The van der Waals surface area contributed by atoms with E-state index in [2.05, 4.69) is 57.6 Å². The van der Waals surface area contributed by atoms with Crippen LogP contribution >= 0.6 is 27.3 Å². The summed E-state index contributed by atoms with van der Waals surface area (Å²) in [4.78, 5) is 8.33. The number of aromatic nitrogens is 2. The normalized spacial score (nSPS) is 11.6. The lowest BCUT2D eigenvalue weighted by Gasteiger charge is -2.26. The Morgan fingerprint density at radius 3 is 2.68 bits per heavy atom. The molecule has 0 spiro atoms. The van der Waals surface area contributed by atoms with Gasteiger partial charge in [-0.1, -0.05) is 42.6 Å². The molecule has 0 fully saturated rings. The quantitative estimate of drug-likeness (QED) is 0.687. The third-order valence-corrected chi connectivity index (χ3v) is 5.07. The van der Waals surface area contributed by atoms with Crippen LogP contribution in [-0.4, -0.2) is 22.5 Å². The number of nitrogens with zero attached hydrogens (tertiary/aromatic N) is 3. The maximum absolute atomic E-state index is 4.81. The van der Waals surface area contributed by atoms with Gasteiger partial charge in [0.2, 0.25) is 0 Å². The van der Waals surface area contributed by atoms with Crippen LogP contribution in [0, 0.1) is 5.92 Å². The van der Waals surface area contributed by atoms with E-state index in [4.69, 9.17) is 4.98 Å². The minimum Gasteiger partial charge on any atom is -0.355 e. The number of alkyl halides is 1. The maximum Gasteiger partial charge on any atom is 0.195 e. The predicted molar refractivity (Wildman–Crippen MR) is 87.7 cm³/mol. The fourth-order valence-electron chi connectivity index (χ4n) is 2.42. The van der Waals surface area contributed by atoms with E-state index < -0.39 is 0 Å². The molecule has 3 nitrogen and oxygen atoms in total. The summed E-state index contributed by atoms with van der Waals surface area (Å²) < 4.78 is 2.20. The summed E-state index contributed by atoms with van der Waals surface area (Å²) in [6.07, 6.45) is 4.58. The van der Waals surface area contributed by atoms with Gasteiger partial charge in [-0.05, 0) is 12.8 Å². The van der Waals surface area contributed by atoms with Crippen molar-refractivity contribution in [2.45, 2.75) is 38.9 Å². The van der Waals surface area contributed by atoms with Gasteiger partial charge in [0.1, 0.15) is 0 Å². The van der Waals surface area contributed by atoms with Crippen LogP contribution in [0.5, 0.6) is 0 Å². The van der Waals surface area contributed by atoms with Crippen molar-refractivity contribution in [2.75, 3.05) is 18.0 Å². The number of hydrogen-bond acceptors (Lipinski definition) is 3. The summed E-state index contributed by atoms with van der Waals surface area (Å²) in [5.74, 6) is 1.90. The van der Waals surface area contributed by atoms with Crippen LogP contribution in [0.1, 0.15) is 39.3 Å². The molecule has 2 rings (SSSR count). The van der Waals surface area contributed by atoms with Crippen LogP contribution in [0.25, 0.3) is 4.96 Å². The Hall–Kier alpha value is -0.550. The molecule has 0 aliphatic carbocycles. The van der Waals surface area contributed by atoms with Gasteiger partial charge in [-0.2, -0.15) is 0 Å². The van der Waals surface area contributed by atoms with Crippen molar-refractivity contribution < 1.29 is 0 Å². The zero-order valence-electron chi connectivity index (χ0n) is 11.9. The third kappa shape index (κ3) is 2.97. The minimum absolute atomic E-state index is 0.753. The molecule has 0 radical (unpaired) electrons. The zero-order chi connectivity index (χ0) is 13.8. The number of hydrogen-bond donors (Lipinski definition) is 0. The summed E-state index contributed by atoms with van der Waals surface area (Å²) in [7, 11) is 0. The molecule has 5 heteroatoms. The van der Waals surface area contributed by atoms with Gasteiger partial charge in [0.15, 0.2) is 10.8 Å². The fraction of sp³-hybridized carbons (Fsp3) is 0.643. The highest BCUT2D eigenvalue weighted by Gasteiger charge is 2.19. The second-order valence-corrected chi connectivity index (χ2v) is 6.23. The highest BCUT2D eigenvalue weighted by atomic mass is 79.9. The van der Waals surface area contributed by atoms with E-state index in [0.717, 1.165) is 35.1 Å².